The summed E-state index contributed by atoms with van der Waals surface area (Å²) in [6.07, 6.45) is 0.686. The van der Waals surface area contributed by atoms with Gasteiger partial charge in [-0.05, 0) is 23.9 Å². The monoisotopic (exact) mass is 401 g/mol. The zero-order valence-corrected chi connectivity index (χ0v) is 16.3. The quantitative estimate of drug-likeness (QED) is 0.565. The third-order valence-electron chi connectivity index (χ3n) is 3.83. The first kappa shape index (κ1) is 19.1. The highest BCUT2D eigenvalue weighted by molar-refractivity contribution is 7.99. The third-order valence-corrected chi connectivity index (χ3v) is 5.63. The Morgan fingerprint density at radius 1 is 1.22 bits per heavy atom. The largest absolute Gasteiger partial charge is 0.366 e. The zero-order chi connectivity index (χ0) is 19.2. The molecule has 0 aliphatic rings. The van der Waals surface area contributed by atoms with Gasteiger partial charge in [0, 0.05) is 13.0 Å². The minimum atomic E-state index is -0.560. The molecule has 2 heterocycles. The fourth-order valence-corrected chi connectivity index (χ4v) is 4.18. The number of carbonyl (C=O) groups is 2. The molecule has 3 aromatic rings. The maximum Gasteiger partial charge on any atom is 0.251 e. The van der Waals surface area contributed by atoms with Crippen molar-refractivity contribution in [1.82, 2.24) is 14.8 Å². The minimum Gasteiger partial charge on any atom is -0.366 e. The lowest BCUT2D eigenvalue weighted by Gasteiger charge is -2.08. The molecular weight excluding hydrogens is 382 g/mol. The van der Waals surface area contributed by atoms with Crippen LogP contribution in [-0.2, 0) is 17.8 Å². The second-order valence-electron chi connectivity index (χ2n) is 5.67. The first-order chi connectivity index (χ1) is 13.1. The molecule has 3 N–H and O–H groups in total. The highest BCUT2D eigenvalue weighted by Crippen LogP contribution is 2.24. The van der Waals surface area contributed by atoms with E-state index in [0.29, 0.717) is 22.1 Å². The second kappa shape index (κ2) is 8.83. The van der Waals surface area contributed by atoms with Crippen molar-refractivity contribution in [2.45, 2.75) is 25.0 Å². The molecule has 27 heavy (non-hydrogen) atoms. The van der Waals surface area contributed by atoms with E-state index in [0.717, 1.165) is 17.9 Å². The topological polar surface area (TPSA) is 103 Å². The highest BCUT2D eigenvalue weighted by Gasteiger charge is 2.16. The van der Waals surface area contributed by atoms with Gasteiger partial charge in [-0.2, -0.15) is 0 Å². The van der Waals surface area contributed by atoms with Crippen molar-refractivity contribution in [2.24, 2.45) is 5.73 Å². The molecule has 9 heteroatoms. The van der Waals surface area contributed by atoms with E-state index in [4.69, 9.17) is 5.73 Å². The lowest BCUT2D eigenvalue weighted by Crippen LogP contribution is -2.18. The average molecular weight is 402 g/mol. The molecule has 140 valence electrons. The standard InChI is InChI=1S/C18H19N5O2S2/c1-2-23-14(10-12-6-4-3-5-7-12)21-22-18(23)27-11-15(24)20-17-13(16(19)25)8-9-26-17/h3-9H,2,10-11H2,1H3,(H2,19,25)(H,20,24). The third kappa shape index (κ3) is 4.75. The average Bonchev–Trinajstić information content (AvgIpc) is 3.27. The Morgan fingerprint density at radius 3 is 2.70 bits per heavy atom. The van der Waals surface area contributed by atoms with Crippen LogP contribution in [0.4, 0.5) is 5.00 Å². The van der Waals surface area contributed by atoms with Crippen LogP contribution in [0.3, 0.4) is 0 Å². The molecule has 0 unspecified atom stereocenters. The van der Waals surface area contributed by atoms with Gasteiger partial charge in [0.1, 0.15) is 10.8 Å². The molecule has 1 aromatic carbocycles. The number of carbonyl (C=O) groups excluding carboxylic acids is 2. The predicted molar refractivity (Wildman–Crippen MR) is 107 cm³/mol. The molecular formula is C18H19N5O2S2. The van der Waals surface area contributed by atoms with Gasteiger partial charge in [0.2, 0.25) is 5.91 Å². The summed E-state index contributed by atoms with van der Waals surface area (Å²) in [4.78, 5) is 23.6. The summed E-state index contributed by atoms with van der Waals surface area (Å²) in [6.45, 7) is 2.74. The number of nitrogens with two attached hydrogens (primary N) is 1. The number of benzene rings is 1. The SMILES string of the molecule is CCn1c(Cc2ccccc2)nnc1SCC(=O)Nc1sccc1C(N)=O. The smallest absolute Gasteiger partial charge is 0.251 e. The molecule has 0 spiro atoms. The van der Waals surface area contributed by atoms with Crippen LogP contribution in [0.1, 0.15) is 28.7 Å². The number of nitrogens with one attached hydrogen (secondary N) is 1. The van der Waals surface area contributed by atoms with Crippen molar-refractivity contribution in [3.05, 3.63) is 58.7 Å². The van der Waals surface area contributed by atoms with Crippen LogP contribution in [0.5, 0.6) is 0 Å². The predicted octanol–water partition coefficient (Wildman–Crippen LogP) is 2.78. The number of aromatic nitrogens is 3. The first-order valence-corrected chi connectivity index (χ1v) is 10.2. The van der Waals surface area contributed by atoms with Gasteiger partial charge < -0.3 is 15.6 Å². The number of thiophene rings is 1. The van der Waals surface area contributed by atoms with Gasteiger partial charge in [-0.15, -0.1) is 21.5 Å². The maximum absolute atomic E-state index is 12.2. The van der Waals surface area contributed by atoms with E-state index >= 15 is 0 Å². The summed E-state index contributed by atoms with van der Waals surface area (Å²) in [5.74, 6) is 0.246. The van der Waals surface area contributed by atoms with E-state index in [9.17, 15) is 9.59 Å². The minimum absolute atomic E-state index is 0.166. The van der Waals surface area contributed by atoms with Gasteiger partial charge >= 0.3 is 0 Å². The molecule has 0 aliphatic heterocycles. The van der Waals surface area contributed by atoms with Gasteiger partial charge in [-0.3, -0.25) is 9.59 Å². The summed E-state index contributed by atoms with van der Waals surface area (Å²) in [7, 11) is 0. The number of hydrogen-bond acceptors (Lipinski definition) is 6. The van der Waals surface area contributed by atoms with E-state index in [1.807, 2.05) is 41.8 Å². The fraction of sp³-hybridized carbons (Fsp3) is 0.222. The van der Waals surface area contributed by atoms with Crippen molar-refractivity contribution in [2.75, 3.05) is 11.1 Å². The number of hydrogen-bond donors (Lipinski definition) is 2. The molecule has 0 saturated heterocycles. The number of thioether (sulfide) groups is 1. The van der Waals surface area contributed by atoms with Gasteiger partial charge in [0.15, 0.2) is 5.16 Å². The Kier molecular flexibility index (Phi) is 6.25. The Hall–Kier alpha value is -2.65. The van der Waals surface area contributed by atoms with Crippen LogP contribution >= 0.6 is 23.1 Å². The van der Waals surface area contributed by atoms with Crippen LogP contribution in [0.15, 0.2) is 46.9 Å². The summed E-state index contributed by atoms with van der Waals surface area (Å²) in [5.41, 5.74) is 6.77. The molecule has 0 atom stereocenters. The number of anilines is 1. The van der Waals surface area contributed by atoms with Crippen molar-refractivity contribution in [3.63, 3.8) is 0 Å². The summed E-state index contributed by atoms with van der Waals surface area (Å²) in [6, 6.07) is 11.7. The molecule has 2 amide bonds. The van der Waals surface area contributed by atoms with Gasteiger partial charge in [0.25, 0.3) is 5.91 Å². The van der Waals surface area contributed by atoms with Crippen LogP contribution in [-0.4, -0.2) is 32.3 Å². The zero-order valence-electron chi connectivity index (χ0n) is 14.7. The lowest BCUT2D eigenvalue weighted by molar-refractivity contribution is -0.113. The van der Waals surface area contributed by atoms with E-state index in [-0.39, 0.29) is 11.7 Å². The van der Waals surface area contributed by atoms with Gasteiger partial charge in [-0.25, -0.2) is 0 Å². The molecule has 0 fully saturated rings. The van der Waals surface area contributed by atoms with Crippen LogP contribution in [0.25, 0.3) is 0 Å². The van der Waals surface area contributed by atoms with Crippen LogP contribution < -0.4 is 11.1 Å². The molecule has 0 aliphatic carbocycles. The first-order valence-electron chi connectivity index (χ1n) is 8.34. The number of amides is 2. The van der Waals surface area contributed by atoms with Crippen LogP contribution in [0.2, 0.25) is 0 Å². The number of primary amides is 1. The van der Waals surface area contributed by atoms with E-state index in [1.54, 1.807) is 11.4 Å². The van der Waals surface area contributed by atoms with Crippen LogP contribution in [0, 0.1) is 0 Å². The lowest BCUT2D eigenvalue weighted by atomic mass is 10.1. The molecule has 3 rings (SSSR count). The van der Waals surface area contributed by atoms with Gasteiger partial charge in [-0.1, -0.05) is 42.1 Å². The van der Waals surface area contributed by atoms with E-state index < -0.39 is 5.91 Å². The Bertz CT molecular complexity index is 936. The van der Waals surface area contributed by atoms with Crippen molar-refractivity contribution in [1.29, 1.82) is 0 Å². The Labute approximate surface area is 165 Å². The molecule has 0 saturated carbocycles. The van der Waals surface area contributed by atoms with Gasteiger partial charge in [0.05, 0.1) is 11.3 Å². The number of nitrogens with zero attached hydrogens (tertiary/aromatic N) is 3. The molecule has 0 bridgehead atoms. The second-order valence-corrected chi connectivity index (χ2v) is 7.53. The molecule has 0 radical (unpaired) electrons. The summed E-state index contributed by atoms with van der Waals surface area (Å²) >= 11 is 2.58. The number of rotatable bonds is 8. The summed E-state index contributed by atoms with van der Waals surface area (Å²) in [5, 5.41) is 14.1. The highest BCUT2D eigenvalue weighted by atomic mass is 32.2. The molecule has 2 aromatic heterocycles. The molecule has 7 nitrogen and oxygen atoms in total. The Morgan fingerprint density at radius 2 is 2.00 bits per heavy atom. The Balaban J connectivity index is 1.63. The van der Waals surface area contributed by atoms with Crippen molar-refractivity contribution in [3.8, 4) is 0 Å². The van der Waals surface area contributed by atoms with E-state index in [1.165, 1.54) is 23.1 Å². The van der Waals surface area contributed by atoms with E-state index in [2.05, 4.69) is 15.5 Å². The normalized spacial score (nSPS) is 10.7. The van der Waals surface area contributed by atoms with Crippen molar-refractivity contribution < 1.29 is 9.59 Å². The summed E-state index contributed by atoms with van der Waals surface area (Å²) < 4.78 is 2.00. The fourth-order valence-electron chi connectivity index (χ4n) is 2.55. The van der Waals surface area contributed by atoms with Crippen molar-refractivity contribution >= 4 is 39.9 Å². The maximum atomic E-state index is 12.2.